The van der Waals surface area contributed by atoms with Gasteiger partial charge in [-0.3, -0.25) is 4.79 Å². The second kappa shape index (κ2) is 6.53. The van der Waals surface area contributed by atoms with Crippen LogP contribution in [0.5, 0.6) is 11.5 Å². The predicted molar refractivity (Wildman–Crippen MR) is 101 cm³/mol. The van der Waals surface area contributed by atoms with E-state index in [1.807, 2.05) is 27.7 Å². The van der Waals surface area contributed by atoms with Gasteiger partial charge in [0.2, 0.25) is 15.9 Å². The van der Waals surface area contributed by atoms with Crippen LogP contribution in [0.3, 0.4) is 0 Å². The molecule has 3 rings (SSSR count). The van der Waals surface area contributed by atoms with E-state index in [2.05, 4.69) is 11.9 Å². The van der Waals surface area contributed by atoms with Gasteiger partial charge < -0.3 is 14.8 Å². The second-order valence-corrected chi connectivity index (χ2v) is 9.80. The Morgan fingerprint density at radius 2 is 1.85 bits per heavy atom. The van der Waals surface area contributed by atoms with E-state index in [4.69, 9.17) is 9.47 Å². The van der Waals surface area contributed by atoms with Crippen LogP contribution < -0.4 is 14.8 Å². The van der Waals surface area contributed by atoms with E-state index in [0.29, 0.717) is 31.1 Å². The van der Waals surface area contributed by atoms with Crippen molar-refractivity contribution in [3.8, 4) is 11.5 Å². The minimum atomic E-state index is -3.84. The Kier molecular flexibility index (Phi) is 4.76. The Morgan fingerprint density at radius 3 is 2.48 bits per heavy atom. The van der Waals surface area contributed by atoms with E-state index < -0.39 is 21.1 Å². The van der Waals surface area contributed by atoms with Gasteiger partial charge in [0.05, 0.1) is 10.4 Å². The first-order chi connectivity index (χ1) is 12.5. The van der Waals surface area contributed by atoms with Gasteiger partial charge in [0.15, 0.2) is 11.5 Å². The third-order valence-corrected chi connectivity index (χ3v) is 7.48. The van der Waals surface area contributed by atoms with Gasteiger partial charge in [-0.1, -0.05) is 6.58 Å². The highest BCUT2D eigenvalue weighted by molar-refractivity contribution is 7.89. The number of carbonyl (C=O) groups excluding carboxylic acids is 1. The van der Waals surface area contributed by atoms with E-state index >= 15 is 0 Å². The molecule has 27 heavy (non-hydrogen) atoms. The molecule has 148 valence electrons. The first-order valence-corrected chi connectivity index (χ1v) is 10.3. The van der Waals surface area contributed by atoms with E-state index in [0.717, 1.165) is 0 Å². The molecule has 1 fully saturated rings. The maximum Gasteiger partial charge on any atom is 0.244 e. The molecule has 7 nitrogen and oxygen atoms in total. The van der Waals surface area contributed by atoms with Crippen LogP contribution in [0.1, 0.15) is 34.1 Å². The maximum atomic E-state index is 13.5. The van der Waals surface area contributed by atoms with Crippen molar-refractivity contribution < 1.29 is 22.7 Å². The summed E-state index contributed by atoms with van der Waals surface area (Å²) in [4.78, 5) is 12.0. The van der Waals surface area contributed by atoms with Crippen molar-refractivity contribution in [3.05, 3.63) is 30.9 Å². The number of hydrogen-bond acceptors (Lipinski definition) is 5. The number of nitrogens with zero attached hydrogens (tertiary/aromatic N) is 1. The number of hydrogen-bond donors (Lipinski definition) is 1. The Balaban J connectivity index is 2.02. The molecular weight excluding hydrogens is 368 g/mol. The van der Waals surface area contributed by atoms with Crippen molar-refractivity contribution in [2.75, 3.05) is 13.2 Å². The predicted octanol–water partition coefficient (Wildman–Crippen LogP) is 2.08. The Labute approximate surface area is 160 Å². The number of fused-ring (bicyclic) bond motifs is 1. The average molecular weight is 394 g/mol. The summed E-state index contributed by atoms with van der Waals surface area (Å²) in [7, 11) is -3.84. The molecule has 2 aliphatic heterocycles. The normalized spacial score (nSPS) is 23.6. The number of benzene rings is 1. The lowest BCUT2D eigenvalue weighted by atomic mass is 9.94. The molecule has 1 atom stereocenters. The Morgan fingerprint density at radius 1 is 1.22 bits per heavy atom. The summed E-state index contributed by atoms with van der Waals surface area (Å²) >= 11 is 0. The molecule has 0 aromatic heterocycles. The zero-order valence-electron chi connectivity index (χ0n) is 16.1. The van der Waals surface area contributed by atoms with E-state index in [9.17, 15) is 13.2 Å². The van der Waals surface area contributed by atoms with Gasteiger partial charge >= 0.3 is 0 Å². The monoisotopic (exact) mass is 394 g/mol. The SMILES string of the molecule is C=CC(=O)NC1CC(C)(C)N(S(=O)(=O)c2ccc3c(c2)OCCO3)C1(C)C. The summed E-state index contributed by atoms with van der Waals surface area (Å²) in [5, 5.41) is 2.87. The molecule has 1 aromatic rings. The summed E-state index contributed by atoms with van der Waals surface area (Å²) in [5.41, 5.74) is -1.51. The third-order valence-electron chi connectivity index (χ3n) is 5.18. The molecule has 0 aliphatic carbocycles. The van der Waals surface area contributed by atoms with Crippen molar-refractivity contribution >= 4 is 15.9 Å². The molecule has 2 heterocycles. The van der Waals surface area contributed by atoms with Crippen LogP contribution in [0.25, 0.3) is 0 Å². The number of carbonyl (C=O) groups is 1. The topological polar surface area (TPSA) is 84.9 Å². The number of nitrogens with one attached hydrogen (secondary N) is 1. The quantitative estimate of drug-likeness (QED) is 0.791. The molecule has 1 unspecified atom stereocenters. The minimum Gasteiger partial charge on any atom is -0.486 e. The van der Waals surface area contributed by atoms with Crippen molar-refractivity contribution in [2.24, 2.45) is 0 Å². The summed E-state index contributed by atoms with van der Waals surface area (Å²) in [5.74, 6) is 0.646. The van der Waals surface area contributed by atoms with Gasteiger partial charge in [-0.2, -0.15) is 4.31 Å². The van der Waals surface area contributed by atoms with Gasteiger partial charge in [-0.25, -0.2) is 8.42 Å². The van der Waals surface area contributed by atoms with E-state index in [-0.39, 0.29) is 16.8 Å². The molecule has 1 N–H and O–H groups in total. The molecule has 1 saturated heterocycles. The summed E-state index contributed by atoms with van der Waals surface area (Å²) in [6.07, 6.45) is 1.68. The first-order valence-electron chi connectivity index (χ1n) is 8.88. The molecule has 1 aromatic carbocycles. The van der Waals surface area contributed by atoms with Crippen LogP contribution in [-0.2, 0) is 14.8 Å². The van der Waals surface area contributed by atoms with Crippen molar-refractivity contribution in [1.29, 1.82) is 0 Å². The highest BCUT2D eigenvalue weighted by Gasteiger charge is 2.57. The van der Waals surface area contributed by atoms with Gasteiger partial charge in [0.1, 0.15) is 13.2 Å². The van der Waals surface area contributed by atoms with Crippen molar-refractivity contribution in [1.82, 2.24) is 9.62 Å². The van der Waals surface area contributed by atoms with E-state index in [1.54, 1.807) is 6.07 Å². The smallest absolute Gasteiger partial charge is 0.244 e. The average Bonchev–Trinajstić information content (AvgIpc) is 2.78. The Hall–Kier alpha value is -2.06. The number of rotatable bonds is 4. The minimum absolute atomic E-state index is 0.142. The largest absolute Gasteiger partial charge is 0.486 e. The van der Waals surface area contributed by atoms with Crippen molar-refractivity contribution in [2.45, 2.75) is 56.1 Å². The highest BCUT2D eigenvalue weighted by Crippen LogP contribution is 2.45. The third kappa shape index (κ3) is 3.32. The van der Waals surface area contributed by atoms with E-state index in [1.165, 1.54) is 22.5 Å². The second-order valence-electron chi connectivity index (χ2n) is 8.01. The molecule has 0 spiro atoms. The molecule has 8 heteroatoms. The number of amides is 1. The molecule has 0 bridgehead atoms. The molecule has 2 aliphatic rings. The fourth-order valence-electron chi connectivity index (χ4n) is 4.14. The van der Waals surface area contributed by atoms with Gasteiger partial charge in [0.25, 0.3) is 0 Å². The zero-order valence-corrected chi connectivity index (χ0v) is 16.9. The number of ether oxygens (including phenoxy) is 2. The van der Waals surface area contributed by atoms with Crippen LogP contribution in [-0.4, -0.2) is 49.0 Å². The maximum absolute atomic E-state index is 13.5. The fraction of sp³-hybridized carbons (Fsp3) is 0.526. The highest BCUT2D eigenvalue weighted by atomic mass is 32.2. The summed E-state index contributed by atoms with van der Waals surface area (Å²) in [6, 6.07) is 4.31. The van der Waals surface area contributed by atoms with Crippen molar-refractivity contribution in [3.63, 3.8) is 0 Å². The van der Waals surface area contributed by atoms with Crippen LogP contribution >= 0.6 is 0 Å². The van der Waals surface area contributed by atoms with Gasteiger partial charge in [0, 0.05) is 17.6 Å². The lowest BCUT2D eigenvalue weighted by Gasteiger charge is -2.40. The summed E-state index contributed by atoms with van der Waals surface area (Å²) < 4.78 is 39.6. The van der Waals surface area contributed by atoms with Crippen LogP contribution in [0.15, 0.2) is 35.7 Å². The molecule has 0 radical (unpaired) electrons. The fourth-order valence-corrected chi connectivity index (χ4v) is 6.32. The first kappa shape index (κ1) is 19.7. The van der Waals surface area contributed by atoms with Crippen LogP contribution in [0.4, 0.5) is 0 Å². The lowest BCUT2D eigenvalue weighted by Crippen LogP contribution is -2.56. The Bertz CT molecular complexity index is 876. The molecular formula is C19H26N2O5S. The van der Waals surface area contributed by atoms with Gasteiger partial charge in [-0.05, 0) is 52.3 Å². The zero-order chi connectivity index (χ0) is 20.0. The standard InChI is InChI=1S/C19H26N2O5S/c1-6-17(22)20-16-12-18(2,3)21(19(16,4)5)27(23,24)13-7-8-14-15(11-13)26-10-9-25-14/h6-8,11,16H,1,9-10,12H2,2-5H3,(H,20,22). The van der Waals surface area contributed by atoms with Gasteiger partial charge in [-0.15, -0.1) is 0 Å². The summed E-state index contributed by atoms with van der Waals surface area (Å²) in [6.45, 7) is 11.7. The van der Waals surface area contributed by atoms with Crippen LogP contribution in [0, 0.1) is 0 Å². The number of sulfonamides is 1. The lowest BCUT2D eigenvalue weighted by molar-refractivity contribution is -0.117. The molecule has 1 amide bonds. The van der Waals surface area contributed by atoms with Crippen LogP contribution in [0.2, 0.25) is 0 Å². The molecule has 0 saturated carbocycles.